The van der Waals surface area contributed by atoms with E-state index in [2.05, 4.69) is 29.2 Å². The first kappa shape index (κ1) is 22.1. The van der Waals surface area contributed by atoms with Crippen LogP contribution in [0.15, 0.2) is 30.3 Å². The van der Waals surface area contributed by atoms with Gasteiger partial charge in [-0.15, -0.1) is 24.8 Å². The van der Waals surface area contributed by atoms with Gasteiger partial charge in [0.2, 0.25) is 5.91 Å². The first-order valence-electron chi connectivity index (χ1n) is 7.50. The van der Waals surface area contributed by atoms with Crippen molar-refractivity contribution in [2.24, 2.45) is 5.73 Å². The third-order valence-corrected chi connectivity index (χ3v) is 3.97. The number of hydrogen-bond acceptors (Lipinski definition) is 4. The van der Waals surface area contributed by atoms with Crippen molar-refractivity contribution in [1.82, 2.24) is 9.80 Å². The van der Waals surface area contributed by atoms with Gasteiger partial charge in [-0.25, -0.2) is 0 Å². The molecule has 0 spiro atoms. The fourth-order valence-corrected chi connectivity index (χ4v) is 2.58. The molecule has 7 heteroatoms. The summed E-state index contributed by atoms with van der Waals surface area (Å²) < 4.78 is 5.18. The lowest BCUT2D eigenvalue weighted by Gasteiger charge is -2.35. The smallest absolute Gasteiger partial charge is 0.225 e. The van der Waals surface area contributed by atoms with Crippen molar-refractivity contribution in [3.63, 3.8) is 0 Å². The fraction of sp³-hybridized carbons (Fsp3) is 0.562. The first-order chi connectivity index (χ1) is 10.2. The maximum Gasteiger partial charge on any atom is 0.225 e. The van der Waals surface area contributed by atoms with Gasteiger partial charge in [0.15, 0.2) is 0 Å². The standard InChI is InChI=1S/C16H25N3O2.2ClH/c1-21-15(12-17)11-16(20)19-9-7-18(8-10-19)13-14-5-3-2-4-6-14;;/h2-6,15H,7-13,17H2,1H3;2*1H. The summed E-state index contributed by atoms with van der Waals surface area (Å²) in [6.07, 6.45) is 0.214. The predicted molar refractivity (Wildman–Crippen MR) is 97.3 cm³/mol. The van der Waals surface area contributed by atoms with Crippen LogP contribution in [0.2, 0.25) is 0 Å². The molecule has 2 rings (SSSR count). The van der Waals surface area contributed by atoms with E-state index in [0.29, 0.717) is 13.0 Å². The van der Waals surface area contributed by atoms with E-state index >= 15 is 0 Å². The van der Waals surface area contributed by atoms with E-state index in [-0.39, 0.29) is 36.8 Å². The molecular formula is C16H27Cl2N3O2. The summed E-state index contributed by atoms with van der Waals surface area (Å²) in [6.45, 7) is 4.74. The molecule has 132 valence electrons. The van der Waals surface area contributed by atoms with Gasteiger partial charge in [0.25, 0.3) is 0 Å². The van der Waals surface area contributed by atoms with Gasteiger partial charge in [-0.3, -0.25) is 9.69 Å². The van der Waals surface area contributed by atoms with Crippen molar-refractivity contribution in [2.75, 3.05) is 39.8 Å². The lowest BCUT2D eigenvalue weighted by Crippen LogP contribution is -2.49. The van der Waals surface area contributed by atoms with Gasteiger partial charge >= 0.3 is 0 Å². The molecule has 0 bridgehead atoms. The quantitative estimate of drug-likeness (QED) is 0.832. The van der Waals surface area contributed by atoms with Crippen LogP contribution < -0.4 is 5.73 Å². The van der Waals surface area contributed by atoms with E-state index in [1.807, 2.05) is 11.0 Å². The number of piperazine rings is 1. The van der Waals surface area contributed by atoms with E-state index in [4.69, 9.17) is 10.5 Å². The van der Waals surface area contributed by atoms with Crippen LogP contribution in [0.4, 0.5) is 0 Å². The predicted octanol–water partition coefficient (Wildman–Crippen LogP) is 1.54. The molecule has 1 atom stereocenters. The van der Waals surface area contributed by atoms with Crippen molar-refractivity contribution >= 4 is 30.7 Å². The van der Waals surface area contributed by atoms with Gasteiger partial charge in [0.1, 0.15) is 0 Å². The molecule has 0 aromatic heterocycles. The third kappa shape index (κ3) is 7.06. The van der Waals surface area contributed by atoms with Crippen LogP contribution in [0.25, 0.3) is 0 Å². The fourth-order valence-electron chi connectivity index (χ4n) is 2.58. The maximum atomic E-state index is 12.2. The molecule has 0 saturated carbocycles. The molecule has 1 fully saturated rings. The van der Waals surface area contributed by atoms with Gasteiger partial charge in [0, 0.05) is 46.4 Å². The maximum absolute atomic E-state index is 12.2. The Bertz CT molecular complexity index is 436. The first-order valence-corrected chi connectivity index (χ1v) is 7.50. The Morgan fingerprint density at radius 1 is 1.17 bits per heavy atom. The Labute approximate surface area is 151 Å². The van der Waals surface area contributed by atoms with Crippen LogP contribution in [-0.4, -0.2) is 61.6 Å². The molecule has 5 nitrogen and oxygen atoms in total. The minimum Gasteiger partial charge on any atom is -0.380 e. The van der Waals surface area contributed by atoms with Gasteiger partial charge in [-0.05, 0) is 5.56 Å². The van der Waals surface area contributed by atoms with Crippen molar-refractivity contribution in [3.8, 4) is 0 Å². The number of ether oxygens (including phenoxy) is 1. The molecule has 1 aromatic carbocycles. The Morgan fingerprint density at radius 2 is 1.78 bits per heavy atom. The van der Waals surface area contributed by atoms with E-state index in [1.165, 1.54) is 5.56 Å². The van der Waals surface area contributed by atoms with Gasteiger partial charge < -0.3 is 15.4 Å². The van der Waals surface area contributed by atoms with Crippen LogP contribution in [-0.2, 0) is 16.1 Å². The summed E-state index contributed by atoms with van der Waals surface area (Å²) in [6, 6.07) is 10.4. The molecule has 1 aliphatic heterocycles. The van der Waals surface area contributed by atoms with Crippen LogP contribution in [0, 0.1) is 0 Å². The zero-order valence-electron chi connectivity index (χ0n) is 13.5. The summed E-state index contributed by atoms with van der Waals surface area (Å²) in [4.78, 5) is 16.5. The molecule has 0 aliphatic carbocycles. The minimum absolute atomic E-state index is 0. The second kappa shape index (κ2) is 11.6. The summed E-state index contributed by atoms with van der Waals surface area (Å²) >= 11 is 0. The highest BCUT2D eigenvalue weighted by Gasteiger charge is 2.23. The minimum atomic E-state index is -0.167. The number of nitrogens with two attached hydrogens (primary N) is 1. The average molecular weight is 364 g/mol. The number of methoxy groups -OCH3 is 1. The Balaban J connectivity index is 0.00000242. The molecule has 1 aromatic rings. The molecule has 1 unspecified atom stereocenters. The molecule has 0 radical (unpaired) electrons. The third-order valence-electron chi connectivity index (χ3n) is 3.97. The molecule has 1 amide bonds. The largest absolute Gasteiger partial charge is 0.380 e. The van der Waals surface area contributed by atoms with Crippen LogP contribution in [0.1, 0.15) is 12.0 Å². The summed E-state index contributed by atoms with van der Waals surface area (Å²) in [5.41, 5.74) is 6.88. The molecule has 1 saturated heterocycles. The van der Waals surface area contributed by atoms with Crippen molar-refractivity contribution in [3.05, 3.63) is 35.9 Å². The molecular weight excluding hydrogens is 337 g/mol. The van der Waals surface area contributed by atoms with Gasteiger partial charge in [0.05, 0.1) is 12.5 Å². The molecule has 1 heterocycles. The molecule has 2 N–H and O–H groups in total. The van der Waals surface area contributed by atoms with Gasteiger partial charge in [-0.1, -0.05) is 30.3 Å². The highest BCUT2D eigenvalue weighted by atomic mass is 35.5. The SMILES string of the molecule is COC(CN)CC(=O)N1CCN(Cc2ccccc2)CC1.Cl.Cl. The van der Waals surface area contributed by atoms with E-state index < -0.39 is 0 Å². The number of benzene rings is 1. The number of carbonyl (C=O) groups is 1. The lowest BCUT2D eigenvalue weighted by molar-refractivity contribution is -0.135. The number of nitrogens with zero attached hydrogens (tertiary/aromatic N) is 2. The van der Waals surface area contributed by atoms with E-state index in [1.54, 1.807) is 7.11 Å². The monoisotopic (exact) mass is 363 g/mol. The summed E-state index contributed by atoms with van der Waals surface area (Å²) in [5, 5.41) is 0. The van der Waals surface area contributed by atoms with E-state index in [9.17, 15) is 4.79 Å². The number of halogens is 2. The van der Waals surface area contributed by atoms with Crippen molar-refractivity contribution in [2.45, 2.75) is 19.1 Å². The van der Waals surface area contributed by atoms with Gasteiger partial charge in [-0.2, -0.15) is 0 Å². The average Bonchev–Trinajstić information content (AvgIpc) is 2.54. The number of rotatable bonds is 6. The molecule has 23 heavy (non-hydrogen) atoms. The lowest BCUT2D eigenvalue weighted by atomic mass is 10.2. The normalized spacial score (nSPS) is 16.2. The van der Waals surface area contributed by atoms with Crippen LogP contribution in [0.3, 0.4) is 0 Å². The Hall–Kier alpha value is -0.850. The van der Waals surface area contributed by atoms with Crippen LogP contribution >= 0.6 is 24.8 Å². The second-order valence-electron chi connectivity index (χ2n) is 5.44. The highest BCUT2D eigenvalue weighted by molar-refractivity contribution is 5.85. The van der Waals surface area contributed by atoms with Crippen LogP contribution in [0.5, 0.6) is 0 Å². The summed E-state index contributed by atoms with van der Waals surface area (Å²) in [7, 11) is 1.60. The Kier molecular flexibility index (Phi) is 11.2. The number of hydrogen-bond donors (Lipinski definition) is 1. The topological polar surface area (TPSA) is 58.8 Å². The van der Waals surface area contributed by atoms with Crippen molar-refractivity contribution < 1.29 is 9.53 Å². The highest BCUT2D eigenvalue weighted by Crippen LogP contribution is 2.10. The zero-order chi connectivity index (χ0) is 15.1. The second-order valence-corrected chi connectivity index (χ2v) is 5.44. The van der Waals surface area contributed by atoms with Crippen molar-refractivity contribution in [1.29, 1.82) is 0 Å². The van der Waals surface area contributed by atoms with E-state index in [0.717, 1.165) is 32.7 Å². The number of carbonyl (C=O) groups excluding carboxylic acids is 1. The Morgan fingerprint density at radius 3 is 2.30 bits per heavy atom. The molecule has 1 aliphatic rings. The number of amides is 1. The zero-order valence-corrected chi connectivity index (χ0v) is 15.2. The summed E-state index contributed by atoms with van der Waals surface area (Å²) in [5.74, 6) is 0.145.